The van der Waals surface area contributed by atoms with E-state index in [4.69, 9.17) is 9.47 Å². The molecule has 5 rings (SSSR count). The van der Waals surface area contributed by atoms with Crippen LogP contribution in [0.2, 0.25) is 0 Å². The SMILES string of the molecule is CN(C)CCCOc1ccc(-c2ccc3ncn4c(c(C5CCOCC5)c(=O)n4C)c3c2)cn1. The van der Waals surface area contributed by atoms with Crippen LogP contribution in [0.1, 0.15) is 30.7 Å². The average molecular weight is 462 g/mol. The van der Waals surface area contributed by atoms with Crippen LogP contribution in [0.25, 0.3) is 27.5 Å². The van der Waals surface area contributed by atoms with E-state index in [2.05, 4.69) is 41.1 Å². The van der Waals surface area contributed by atoms with Gasteiger partial charge in [0, 0.05) is 55.6 Å². The summed E-state index contributed by atoms with van der Waals surface area (Å²) in [6.45, 7) is 3.00. The van der Waals surface area contributed by atoms with Crippen molar-refractivity contribution in [2.75, 3.05) is 40.5 Å². The van der Waals surface area contributed by atoms with Crippen LogP contribution in [-0.4, -0.2) is 64.5 Å². The second kappa shape index (κ2) is 9.56. The van der Waals surface area contributed by atoms with Gasteiger partial charge in [-0.1, -0.05) is 6.07 Å². The number of hydrogen-bond donors (Lipinski definition) is 0. The Labute approximate surface area is 198 Å². The molecule has 1 saturated heterocycles. The molecule has 8 nitrogen and oxygen atoms in total. The first-order chi connectivity index (χ1) is 16.5. The Morgan fingerprint density at radius 1 is 1.12 bits per heavy atom. The second-order valence-electron chi connectivity index (χ2n) is 9.19. The highest BCUT2D eigenvalue weighted by Gasteiger charge is 2.25. The fourth-order valence-corrected chi connectivity index (χ4v) is 4.73. The van der Waals surface area contributed by atoms with Gasteiger partial charge in [0.1, 0.15) is 6.33 Å². The van der Waals surface area contributed by atoms with E-state index in [-0.39, 0.29) is 11.5 Å². The Kier molecular flexibility index (Phi) is 6.34. The Balaban J connectivity index is 1.51. The molecule has 0 aliphatic carbocycles. The van der Waals surface area contributed by atoms with Crippen LogP contribution in [0.5, 0.6) is 5.88 Å². The molecule has 0 radical (unpaired) electrons. The van der Waals surface area contributed by atoms with Crippen LogP contribution in [-0.2, 0) is 11.8 Å². The van der Waals surface area contributed by atoms with E-state index in [0.29, 0.717) is 25.7 Å². The normalized spacial score (nSPS) is 14.9. The molecule has 4 aromatic rings. The van der Waals surface area contributed by atoms with E-state index in [9.17, 15) is 4.79 Å². The predicted molar refractivity (Wildman–Crippen MR) is 133 cm³/mol. The highest BCUT2D eigenvalue weighted by atomic mass is 16.5. The number of aromatic nitrogens is 4. The number of ether oxygens (including phenoxy) is 2. The molecular weight excluding hydrogens is 430 g/mol. The zero-order valence-electron chi connectivity index (χ0n) is 20.0. The lowest BCUT2D eigenvalue weighted by atomic mass is 9.91. The number of fused-ring (bicyclic) bond motifs is 3. The highest BCUT2D eigenvalue weighted by molar-refractivity contribution is 5.97. The molecule has 0 atom stereocenters. The van der Waals surface area contributed by atoms with Crippen molar-refractivity contribution in [2.24, 2.45) is 7.05 Å². The lowest BCUT2D eigenvalue weighted by Gasteiger charge is -2.21. The van der Waals surface area contributed by atoms with Crippen molar-refractivity contribution in [3.05, 3.63) is 58.8 Å². The molecule has 3 aromatic heterocycles. The summed E-state index contributed by atoms with van der Waals surface area (Å²) in [5, 5.41) is 0.975. The molecule has 178 valence electrons. The summed E-state index contributed by atoms with van der Waals surface area (Å²) >= 11 is 0. The predicted octanol–water partition coefficient (Wildman–Crippen LogP) is 3.47. The maximum absolute atomic E-state index is 13.2. The van der Waals surface area contributed by atoms with E-state index in [1.54, 1.807) is 18.1 Å². The highest BCUT2D eigenvalue weighted by Crippen LogP contribution is 2.33. The first-order valence-electron chi connectivity index (χ1n) is 11.8. The first-order valence-corrected chi connectivity index (χ1v) is 11.8. The summed E-state index contributed by atoms with van der Waals surface area (Å²) in [5.74, 6) is 0.820. The van der Waals surface area contributed by atoms with Gasteiger partial charge in [-0.3, -0.25) is 4.79 Å². The fourth-order valence-electron chi connectivity index (χ4n) is 4.73. The van der Waals surface area contributed by atoms with Crippen molar-refractivity contribution in [1.82, 2.24) is 24.1 Å². The fraction of sp³-hybridized carbons (Fsp3) is 0.423. The quantitative estimate of drug-likeness (QED) is 0.393. The van der Waals surface area contributed by atoms with Crippen molar-refractivity contribution in [1.29, 1.82) is 0 Å². The third-order valence-electron chi connectivity index (χ3n) is 6.59. The van der Waals surface area contributed by atoms with Crippen LogP contribution in [0.15, 0.2) is 47.7 Å². The van der Waals surface area contributed by atoms with Crippen LogP contribution in [0.3, 0.4) is 0 Å². The molecule has 0 unspecified atom stereocenters. The van der Waals surface area contributed by atoms with Gasteiger partial charge < -0.3 is 14.4 Å². The lowest BCUT2D eigenvalue weighted by molar-refractivity contribution is 0.0854. The summed E-state index contributed by atoms with van der Waals surface area (Å²) in [7, 11) is 5.91. The summed E-state index contributed by atoms with van der Waals surface area (Å²) in [6.07, 6.45) is 6.25. The third-order valence-corrected chi connectivity index (χ3v) is 6.59. The van der Waals surface area contributed by atoms with Gasteiger partial charge in [0.15, 0.2) is 0 Å². The van der Waals surface area contributed by atoms with Gasteiger partial charge in [0.25, 0.3) is 5.56 Å². The number of pyridine rings is 1. The van der Waals surface area contributed by atoms with Crippen LogP contribution in [0.4, 0.5) is 0 Å². The van der Waals surface area contributed by atoms with Gasteiger partial charge in [-0.15, -0.1) is 0 Å². The Morgan fingerprint density at radius 3 is 2.65 bits per heavy atom. The number of rotatable bonds is 7. The van der Waals surface area contributed by atoms with E-state index >= 15 is 0 Å². The summed E-state index contributed by atoms with van der Waals surface area (Å²) < 4.78 is 14.9. The van der Waals surface area contributed by atoms with E-state index in [0.717, 1.165) is 58.9 Å². The summed E-state index contributed by atoms with van der Waals surface area (Å²) in [5.41, 5.74) is 4.76. The van der Waals surface area contributed by atoms with Crippen molar-refractivity contribution in [3.8, 4) is 17.0 Å². The van der Waals surface area contributed by atoms with Crippen LogP contribution in [0, 0.1) is 0 Å². The molecule has 34 heavy (non-hydrogen) atoms. The van der Waals surface area contributed by atoms with Crippen molar-refractivity contribution in [2.45, 2.75) is 25.2 Å². The van der Waals surface area contributed by atoms with E-state index in [1.165, 1.54) is 0 Å². The molecule has 0 spiro atoms. The zero-order valence-corrected chi connectivity index (χ0v) is 20.0. The largest absolute Gasteiger partial charge is 0.478 e. The average Bonchev–Trinajstić information content (AvgIpc) is 3.12. The van der Waals surface area contributed by atoms with Crippen molar-refractivity contribution in [3.63, 3.8) is 0 Å². The van der Waals surface area contributed by atoms with Gasteiger partial charge in [0.05, 0.1) is 17.6 Å². The first kappa shape index (κ1) is 22.6. The monoisotopic (exact) mass is 461 g/mol. The Bertz CT molecular complexity index is 1350. The minimum atomic E-state index is 0.0454. The van der Waals surface area contributed by atoms with Crippen LogP contribution >= 0.6 is 0 Å². The van der Waals surface area contributed by atoms with Gasteiger partial charge in [-0.05, 0) is 63.0 Å². The van der Waals surface area contributed by atoms with Gasteiger partial charge in [-0.2, -0.15) is 0 Å². The van der Waals surface area contributed by atoms with Gasteiger partial charge >= 0.3 is 0 Å². The van der Waals surface area contributed by atoms with Gasteiger partial charge in [0.2, 0.25) is 5.88 Å². The molecule has 0 N–H and O–H groups in total. The molecule has 0 bridgehead atoms. The van der Waals surface area contributed by atoms with Crippen molar-refractivity contribution < 1.29 is 9.47 Å². The summed E-state index contributed by atoms with van der Waals surface area (Å²) in [6, 6.07) is 10.1. The van der Waals surface area contributed by atoms with Crippen molar-refractivity contribution >= 4 is 16.4 Å². The minimum absolute atomic E-state index is 0.0454. The summed E-state index contributed by atoms with van der Waals surface area (Å²) in [4.78, 5) is 24.5. The third kappa shape index (κ3) is 4.31. The maximum atomic E-state index is 13.2. The number of benzene rings is 1. The number of nitrogens with zero attached hydrogens (tertiary/aromatic N) is 5. The molecule has 1 aliphatic rings. The molecular formula is C26H31N5O3. The Hall–Kier alpha value is -3.23. The zero-order chi connectivity index (χ0) is 23.7. The lowest BCUT2D eigenvalue weighted by Crippen LogP contribution is -2.22. The molecule has 0 saturated carbocycles. The standard InChI is InChI=1S/C26H31N5O3/c1-29(2)11-4-12-34-23-8-6-20(16-27-23)19-5-7-22-21(15-19)25-24(18-9-13-33-14-10-18)26(32)30(3)31(25)17-28-22/h5-8,15-18H,4,9-14H2,1-3H3. The smallest absolute Gasteiger partial charge is 0.270 e. The molecule has 1 fully saturated rings. The second-order valence-corrected chi connectivity index (χ2v) is 9.19. The molecule has 1 aliphatic heterocycles. The number of aryl methyl sites for hydroxylation is 1. The van der Waals surface area contributed by atoms with Crippen LogP contribution < -0.4 is 10.3 Å². The number of hydrogen-bond acceptors (Lipinski definition) is 6. The maximum Gasteiger partial charge on any atom is 0.270 e. The van der Waals surface area contributed by atoms with Gasteiger partial charge in [-0.25, -0.2) is 19.2 Å². The molecule has 8 heteroatoms. The topological polar surface area (TPSA) is 73.9 Å². The minimum Gasteiger partial charge on any atom is -0.478 e. The molecule has 0 amide bonds. The molecule has 1 aromatic carbocycles. The molecule has 4 heterocycles. The Morgan fingerprint density at radius 2 is 1.91 bits per heavy atom. The van der Waals surface area contributed by atoms with E-state index < -0.39 is 0 Å². The van der Waals surface area contributed by atoms with E-state index in [1.807, 2.05) is 28.9 Å².